The second-order valence-electron chi connectivity index (χ2n) is 5.77. The van der Waals surface area contributed by atoms with Crippen LogP contribution >= 0.6 is 23.2 Å². The molecular formula is C18H13Cl2F3N2O3. The number of benzene rings is 2. The smallest absolute Gasteiger partial charge is 0.422 e. The largest absolute Gasteiger partial charge is 0.573 e. The van der Waals surface area contributed by atoms with Gasteiger partial charge in [0.25, 0.3) is 0 Å². The standard InChI is InChI=1S/C18H13Cl2F3N2O3/c1-3-14(26)10-5-4-6-13-15(10)25(2)17(24-13)27-16-11(19)7-9(8-12(16)20)28-18(21,22)23/h4-8H,3H2,1-2H3. The Kier molecular flexibility index (Phi) is 5.45. The molecule has 1 heterocycles. The van der Waals surface area contributed by atoms with Gasteiger partial charge >= 0.3 is 12.4 Å². The second kappa shape index (κ2) is 7.52. The fourth-order valence-corrected chi connectivity index (χ4v) is 3.22. The molecule has 3 rings (SSSR count). The normalized spacial score (nSPS) is 11.7. The molecule has 0 saturated heterocycles. The summed E-state index contributed by atoms with van der Waals surface area (Å²) >= 11 is 12.0. The van der Waals surface area contributed by atoms with Gasteiger partial charge in [-0.3, -0.25) is 9.36 Å². The molecule has 28 heavy (non-hydrogen) atoms. The van der Waals surface area contributed by atoms with Gasteiger partial charge in [-0.2, -0.15) is 4.98 Å². The van der Waals surface area contributed by atoms with E-state index in [2.05, 4.69) is 9.72 Å². The van der Waals surface area contributed by atoms with E-state index in [9.17, 15) is 18.0 Å². The lowest BCUT2D eigenvalue weighted by molar-refractivity contribution is -0.274. The molecule has 0 aliphatic heterocycles. The Morgan fingerprint density at radius 2 is 1.86 bits per heavy atom. The van der Waals surface area contributed by atoms with Crippen molar-refractivity contribution in [3.8, 4) is 17.5 Å². The van der Waals surface area contributed by atoms with E-state index in [4.69, 9.17) is 27.9 Å². The number of aromatic nitrogens is 2. The number of imidazole rings is 1. The van der Waals surface area contributed by atoms with E-state index < -0.39 is 12.1 Å². The minimum absolute atomic E-state index is 0.0649. The first-order valence-corrected chi connectivity index (χ1v) is 8.77. The molecule has 0 fully saturated rings. The van der Waals surface area contributed by atoms with Crippen molar-refractivity contribution in [1.82, 2.24) is 9.55 Å². The maximum absolute atomic E-state index is 12.4. The van der Waals surface area contributed by atoms with Crippen LogP contribution in [0.25, 0.3) is 11.0 Å². The van der Waals surface area contributed by atoms with Crippen molar-refractivity contribution in [3.05, 3.63) is 45.9 Å². The molecule has 10 heteroatoms. The monoisotopic (exact) mass is 432 g/mol. The van der Waals surface area contributed by atoms with E-state index in [0.29, 0.717) is 23.0 Å². The maximum atomic E-state index is 12.4. The third-order valence-electron chi connectivity index (χ3n) is 3.87. The zero-order valence-corrected chi connectivity index (χ0v) is 16.1. The number of rotatable bonds is 5. The van der Waals surface area contributed by atoms with Gasteiger partial charge in [0.1, 0.15) is 5.75 Å². The summed E-state index contributed by atoms with van der Waals surface area (Å²) in [7, 11) is 1.64. The average molecular weight is 433 g/mol. The Bertz CT molecular complexity index is 1040. The van der Waals surface area contributed by atoms with Crippen molar-refractivity contribution >= 4 is 40.0 Å². The first-order valence-electron chi connectivity index (χ1n) is 8.02. The Balaban J connectivity index is 2.02. The minimum atomic E-state index is -4.88. The number of ketones is 1. The number of Topliss-reactive ketones (excluding diaryl/α,β-unsaturated/α-hetero) is 1. The highest BCUT2D eigenvalue weighted by Crippen LogP contribution is 2.41. The summed E-state index contributed by atoms with van der Waals surface area (Å²) in [5.41, 5.74) is 1.56. The van der Waals surface area contributed by atoms with E-state index in [1.54, 1.807) is 36.7 Å². The number of hydrogen-bond acceptors (Lipinski definition) is 4. The van der Waals surface area contributed by atoms with Gasteiger partial charge in [-0.05, 0) is 12.1 Å². The summed E-state index contributed by atoms with van der Waals surface area (Å²) in [5, 5.41) is -0.382. The number of fused-ring (bicyclic) bond motifs is 1. The first-order chi connectivity index (χ1) is 13.1. The molecule has 148 valence electrons. The molecule has 3 aromatic rings. The lowest BCUT2D eigenvalue weighted by Crippen LogP contribution is -2.17. The number of aryl methyl sites for hydroxylation is 1. The lowest BCUT2D eigenvalue weighted by atomic mass is 10.1. The van der Waals surface area contributed by atoms with E-state index >= 15 is 0 Å². The first kappa shape index (κ1) is 20.3. The lowest BCUT2D eigenvalue weighted by Gasteiger charge is -2.13. The number of carbonyl (C=O) groups excluding carboxylic acids is 1. The van der Waals surface area contributed by atoms with Gasteiger partial charge in [0, 0.05) is 31.2 Å². The van der Waals surface area contributed by atoms with Crippen molar-refractivity contribution in [2.24, 2.45) is 7.05 Å². The average Bonchev–Trinajstić information content (AvgIpc) is 2.92. The number of para-hydroxylation sites is 1. The number of nitrogens with zero attached hydrogens (tertiary/aromatic N) is 2. The van der Waals surface area contributed by atoms with Crippen molar-refractivity contribution < 1.29 is 27.4 Å². The van der Waals surface area contributed by atoms with Crippen LogP contribution in [-0.2, 0) is 7.05 Å². The Morgan fingerprint density at radius 3 is 2.43 bits per heavy atom. The maximum Gasteiger partial charge on any atom is 0.573 e. The molecule has 0 bridgehead atoms. The van der Waals surface area contributed by atoms with Crippen LogP contribution in [0.4, 0.5) is 13.2 Å². The van der Waals surface area contributed by atoms with Crippen molar-refractivity contribution in [1.29, 1.82) is 0 Å². The fraction of sp³-hybridized carbons (Fsp3) is 0.222. The zero-order chi connectivity index (χ0) is 20.6. The van der Waals surface area contributed by atoms with Crippen LogP contribution in [-0.4, -0.2) is 21.7 Å². The van der Waals surface area contributed by atoms with Crippen LogP contribution < -0.4 is 9.47 Å². The number of hydrogen-bond donors (Lipinski definition) is 0. The molecule has 0 aliphatic carbocycles. The highest BCUT2D eigenvalue weighted by Gasteiger charge is 2.32. The third kappa shape index (κ3) is 4.02. The van der Waals surface area contributed by atoms with E-state index in [1.807, 2.05) is 0 Å². The molecule has 5 nitrogen and oxygen atoms in total. The molecule has 1 aromatic heterocycles. The molecule has 2 aromatic carbocycles. The summed E-state index contributed by atoms with van der Waals surface area (Å²) in [6.07, 6.45) is -4.56. The molecule has 0 spiro atoms. The predicted octanol–water partition coefficient (Wildman–Crippen LogP) is 6.16. The molecule has 0 atom stereocenters. The SMILES string of the molecule is CCC(=O)c1cccc2nc(Oc3c(Cl)cc(OC(F)(F)F)cc3Cl)n(C)c12. The van der Waals surface area contributed by atoms with Crippen LogP contribution in [0.15, 0.2) is 30.3 Å². The highest BCUT2D eigenvalue weighted by molar-refractivity contribution is 6.37. The van der Waals surface area contributed by atoms with E-state index in [-0.39, 0.29) is 27.6 Å². The Hall–Kier alpha value is -2.45. The predicted molar refractivity (Wildman–Crippen MR) is 98.6 cm³/mol. The highest BCUT2D eigenvalue weighted by atomic mass is 35.5. The van der Waals surface area contributed by atoms with E-state index in [1.165, 1.54) is 0 Å². The molecule has 0 amide bonds. The Morgan fingerprint density at radius 1 is 1.21 bits per heavy atom. The molecular weight excluding hydrogens is 420 g/mol. The van der Waals surface area contributed by atoms with Crippen LogP contribution in [0.5, 0.6) is 17.5 Å². The number of ether oxygens (including phenoxy) is 2. The van der Waals surface area contributed by atoms with Crippen molar-refractivity contribution in [2.75, 3.05) is 0 Å². The molecule has 0 saturated carbocycles. The van der Waals surface area contributed by atoms with Gasteiger partial charge in [0.15, 0.2) is 11.5 Å². The van der Waals surface area contributed by atoms with Gasteiger partial charge in [-0.1, -0.05) is 36.2 Å². The molecule has 0 radical (unpaired) electrons. The van der Waals surface area contributed by atoms with Gasteiger partial charge in [0.05, 0.1) is 21.1 Å². The number of halogens is 5. The molecule has 0 N–H and O–H groups in total. The quantitative estimate of drug-likeness (QED) is 0.452. The van der Waals surface area contributed by atoms with Gasteiger partial charge in [-0.15, -0.1) is 13.2 Å². The summed E-state index contributed by atoms with van der Waals surface area (Å²) in [4.78, 5) is 16.5. The van der Waals surface area contributed by atoms with Gasteiger partial charge in [0.2, 0.25) is 0 Å². The minimum Gasteiger partial charge on any atom is -0.422 e. The van der Waals surface area contributed by atoms with Crippen LogP contribution in [0, 0.1) is 0 Å². The summed E-state index contributed by atoms with van der Waals surface area (Å²) in [6, 6.07) is 7.03. The van der Waals surface area contributed by atoms with Crippen molar-refractivity contribution in [2.45, 2.75) is 19.7 Å². The molecule has 0 aliphatic rings. The molecule has 0 unspecified atom stereocenters. The number of alkyl halides is 3. The van der Waals surface area contributed by atoms with Crippen LogP contribution in [0.2, 0.25) is 10.0 Å². The van der Waals surface area contributed by atoms with Gasteiger partial charge < -0.3 is 9.47 Å². The van der Waals surface area contributed by atoms with Crippen molar-refractivity contribution in [3.63, 3.8) is 0 Å². The second-order valence-corrected chi connectivity index (χ2v) is 6.58. The Labute approximate surface area is 167 Å². The summed E-state index contributed by atoms with van der Waals surface area (Å²) in [5.74, 6) is -0.722. The summed E-state index contributed by atoms with van der Waals surface area (Å²) < 4.78 is 48.1. The summed E-state index contributed by atoms with van der Waals surface area (Å²) in [6.45, 7) is 1.75. The zero-order valence-electron chi connectivity index (χ0n) is 14.6. The topological polar surface area (TPSA) is 53.4 Å². The third-order valence-corrected chi connectivity index (χ3v) is 4.43. The van der Waals surface area contributed by atoms with Gasteiger partial charge in [-0.25, -0.2) is 0 Å². The van der Waals surface area contributed by atoms with Crippen LogP contribution in [0.1, 0.15) is 23.7 Å². The van der Waals surface area contributed by atoms with Crippen LogP contribution in [0.3, 0.4) is 0 Å². The van der Waals surface area contributed by atoms with E-state index in [0.717, 1.165) is 12.1 Å². The number of carbonyl (C=O) groups is 1. The fourth-order valence-electron chi connectivity index (χ4n) is 2.67.